The van der Waals surface area contributed by atoms with Crippen molar-refractivity contribution in [3.63, 3.8) is 0 Å². The van der Waals surface area contributed by atoms with Crippen LogP contribution in [0.3, 0.4) is 0 Å². The highest BCUT2D eigenvalue weighted by molar-refractivity contribution is 5.33. The van der Waals surface area contributed by atoms with Crippen molar-refractivity contribution in [1.29, 1.82) is 0 Å². The molecular weight excluding hydrogens is 254 g/mol. The maximum Gasteiger partial charge on any atom is 0.244 e. The second-order valence-corrected chi connectivity index (χ2v) is 4.95. The summed E-state index contributed by atoms with van der Waals surface area (Å²) in [6, 6.07) is 10.3. The smallest absolute Gasteiger partial charge is 0.244 e. The van der Waals surface area contributed by atoms with E-state index in [0.29, 0.717) is 31.1 Å². The van der Waals surface area contributed by atoms with E-state index < -0.39 is 0 Å². The Kier molecular flexibility index (Phi) is 3.71. The van der Waals surface area contributed by atoms with E-state index in [1.165, 1.54) is 12.8 Å². The van der Waals surface area contributed by atoms with Gasteiger partial charge in [-0.05, 0) is 25.0 Å². The summed E-state index contributed by atoms with van der Waals surface area (Å²) >= 11 is 0. The zero-order valence-electron chi connectivity index (χ0n) is 11.3. The van der Waals surface area contributed by atoms with Gasteiger partial charge < -0.3 is 15.8 Å². The highest BCUT2D eigenvalue weighted by Crippen LogP contribution is 2.23. The fourth-order valence-electron chi connectivity index (χ4n) is 1.91. The Morgan fingerprint density at radius 1 is 1.30 bits per heavy atom. The molecule has 0 saturated heterocycles. The second-order valence-electron chi connectivity index (χ2n) is 4.95. The van der Waals surface area contributed by atoms with Crippen LogP contribution < -0.4 is 15.8 Å². The van der Waals surface area contributed by atoms with E-state index in [1.807, 2.05) is 30.3 Å². The monoisotopic (exact) mass is 273 g/mol. The number of hydrogen-bond acceptors (Lipinski definition) is 5. The van der Waals surface area contributed by atoms with E-state index in [4.69, 9.17) is 10.5 Å². The molecule has 0 aliphatic heterocycles. The minimum atomic E-state index is 0.452. The number of nitrogens with two attached hydrogens (primary N) is 1. The molecule has 0 spiro atoms. The van der Waals surface area contributed by atoms with Gasteiger partial charge in [0.25, 0.3) is 0 Å². The Bertz CT molecular complexity index is 550. The first kappa shape index (κ1) is 12.8. The van der Waals surface area contributed by atoms with Gasteiger partial charge in [-0.15, -0.1) is 5.10 Å². The fraction of sp³-hybridized carbons (Fsp3) is 0.429. The van der Waals surface area contributed by atoms with Gasteiger partial charge in [0.05, 0.1) is 6.61 Å². The molecule has 1 aliphatic rings. The summed E-state index contributed by atoms with van der Waals surface area (Å²) < 4.78 is 7.35. The third kappa shape index (κ3) is 3.40. The van der Waals surface area contributed by atoms with E-state index in [0.717, 1.165) is 12.2 Å². The van der Waals surface area contributed by atoms with Gasteiger partial charge in [-0.3, -0.25) is 0 Å². The van der Waals surface area contributed by atoms with Crippen molar-refractivity contribution in [2.75, 3.05) is 17.7 Å². The topological polar surface area (TPSA) is 78.0 Å². The molecule has 20 heavy (non-hydrogen) atoms. The number of anilines is 2. The lowest BCUT2D eigenvalue weighted by molar-refractivity contribution is 0.299. The zero-order valence-corrected chi connectivity index (χ0v) is 11.3. The van der Waals surface area contributed by atoms with E-state index in [9.17, 15) is 0 Å². The number of nitrogens with one attached hydrogen (secondary N) is 1. The van der Waals surface area contributed by atoms with E-state index in [-0.39, 0.29) is 0 Å². The predicted molar refractivity (Wildman–Crippen MR) is 77.6 cm³/mol. The van der Waals surface area contributed by atoms with Crippen LogP contribution in [0.25, 0.3) is 0 Å². The molecule has 1 aliphatic carbocycles. The predicted octanol–water partition coefficient (Wildman–Crippen LogP) is 1.90. The lowest BCUT2D eigenvalue weighted by Crippen LogP contribution is -2.09. The second kappa shape index (κ2) is 5.81. The maximum absolute atomic E-state index is 5.84. The van der Waals surface area contributed by atoms with Crippen molar-refractivity contribution in [1.82, 2.24) is 14.8 Å². The van der Waals surface area contributed by atoms with E-state index in [1.54, 1.807) is 4.68 Å². The van der Waals surface area contributed by atoms with Gasteiger partial charge in [0.1, 0.15) is 5.75 Å². The molecule has 0 bridgehead atoms. The average Bonchev–Trinajstić information content (AvgIpc) is 3.20. The molecule has 3 rings (SSSR count). The van der Waals surface area contributed by atoms with Gasteiger partial charge in [0.15, 0.2) is 0 Å². The molecule has 6 nitrogen and oxygen atoms in total. The maximum atomic E-state index is 5.84. The van der Waals surface area contributed by atoms with Gasteiger partial charge in [-0.2, -0.15) is 4.98 Å². The molecular formula is C14H19N5O. The molecule has 1 heterocycles. The van der Waals surface area contributed by atoms with Crippen molar-refractivity contribution in [2.45, 2.75) is 31.8 Å². The molecule has 6 heteroatoms. The zero-order chi connectivity index (χ0) is 13.8. The van der Waals surface area contributed by atoms with Crippen molar-refractivity contribution in [3.05, 3.63) is 30.3 Å². The van der Waals surface area contributed by atoms with Gasteiger partial charge in [0, 0.05) is 19.0 Å². The fourth-order valence-corrected chi connectivity index (χ4v) is 1.91. The van der Waals surface area contributed by atoms with Gasteiger partial charge in [-0.1, -0.05) is 18.2 Å². The summed E-state index contributed by atoms with van der Waals surface area (Å²) in [7, 11) is 0. The van der Waals surface area contributed by atoms with Crippen LogP contribution in [0, 0.1) is 0 Å². The molecule has 2 aromatic rings. The summed E-state index contributed by atoms with van der Waals surface area (Å²) in [5.41, 5.74) is 5.84. The first-order valence-corrected chi connectivity index (χ1v) is 6.96. The lowest BCUT2D eigenvalue weighted by atomic mass is 10.3. The normalized spacial score (nSPS) is 14.2. The van der Waals surface area contributed by atoms with Crippen LogP contribution in [0.15, 0.2) is 30.3 Å². The number of benzene rings is 1. The Hall–Kier alpha value is -2.24. The van der Waals surface area contributed by atoms with Gasteiger partial charge in [0.2, 0.25) is 11.9 Å². The number of hydrogen-bond donors (Lipinski definition) is 2. The molecule has 1 aromatic carbocycles. The average molecular weight is 273 g/mol. The summed E-state index contributed by atoms with van der Waals surface area (Å²) in [5, 5.41) is 7.59. The molecule has 106 valence electrons. The first-order chi connectivity index (χ1) is 9.81. The van der Waals surface area contributed by atoms with Crippen molar-refractivity contribution >= 4 is 11.9 Å². The van der Waals surface area contributed by atoms with Crippen LogP contribution in [-0.2, 0) is 6.54 Å². The Morgan fingerprint density at radius 2 is 2.10 bits per heavy atom. The molecule has 0 unspecified atom stereocenters. The van der Waals surface area contributed by atoms with Crippen LogP contribution in [-0.4, -0.2) is 27.4 Å². The van der Waals surface area contributed by atoms with Gasteiger partial charge >= 0.3 is 0 Å². The van der Waals surface area contributed by atoms with Crippen LogP contribution in [0.4, 0.5) is 11.9 Å². The number of nitrogen functional groups attached to an aromatic ring is 1. The van der Waals surface area contributed by atoms with Crippen LogP contribution in [0.2, 0.25) is 0 Å². The highest BCUT2D eigenvalue weighted by Gasteiger charge is 2.22. The SMILES string of the molecule is Nc1nc(NC2CC2)nn1CCCOc1ccccc1. The Morgan fingerprint density at radius 3 is 2.85 bits per heavy atom. The molecule has 1 fully saturated rings. The van der Waals surface area contributed by atoms with E-state index in [2.05, 4.69) is 15.4 Å². The molecule has 1 aromatic heterocycles. The largest absolute Gasteiger partial charge is 0.494 e. The van der Waals surface area contributed by atoms with Crippen LogP contribution in [0.5, 0.6) is 5.75 Å². The minimum absolute atomic E-state index is 0.452. The summed E-state index contributed by atoms with van der Waals surface area (Å²) in [6.45, 7) is 1.34. The van der Waals surface area contributed by atoms with Crippen LogP contribution in [0.1, 0.15) is 19.3 Å². The minimum Gasteiger partial charge on any atom is -0.494 e. The number of ether oxygens (including phenoxy) is 1. The number of nitrogens with zero attached hydrogens (tertiary/aromatic N) is 3. The molecule has 3 N–H and O–H groups in total. The molecule has 0 atom stereocenters. The van der Waals surface area contributed by atoms with Crippen molar-refractivity contribution in [3.8, 4) is 5.75 Å². The lowest BCUT2D eigenvalue weighted by Gasteiger charge is -2.06. The summed E-state index contributed by atoms with van der Waals surface area (Å²) in [4.78, 5) is 4.21. The Labute approximate surface area is 118 Å². The van der Waals surface area contributed by atoms with Crippen LogP contribution >= 0.6 is 0 Å². The Balaban J connectivity index is 1.44. The van der Waals surface area contributed by atoms with Gasteiger partial charge in [-0.25, -0.2) is 4.68 Å². The number of para-hydroxylation sites is 1. The molecule has 1 saturated carbocycles. The number of aromatic nitrogens is 3. The number of rotatable bonds is 7. The third-order valence-electron chi connectivity index (χ3n) is 3.14. The highest BCUT2D eigenvalue weighted by atomic mass is 16.5. The third-order valence-corrected chi connectivity index (χ3v) is 3.14. The summed E-state index contributed by atoms with van der Waals surface area (Å²) in [5.74, 6) is 1.97. The first-order valence-electron chi connectivity index (χ1n) is 6.96. The number of aryl methyl sites for hydroxylation is 1. The molecule has 0 amide bonds. The standard InChI is InChI=1S/C14H19N5O/c15-13-17-14(16-11-7-8-11)18-19(13)9-4-10-20-12-5-2-1-3-6-12/h1-3,5-6,11H,4,7-10H2,(H3,15,16,17,18). The van der Waals surface area contributed by atoms with E-state index >= 15 is 0 Å². The van der Waals surface area contributed by atoms with Crippen molar-refractivity contribution in [2.24, 2.45) is 0 Å². The molecule has 0 radical (unpaired) electrons. The summed E-state index contributed by atoms with van der Waals surface area (Å²) in [6.07, 6.45) is 3.23. The quantitative estimate of drug-likeness (QED) is 0.753. The van der Waals surface area contributed by atoms with Crippen molar-refractivity contribution < 1.29 is 4.74 Å².